The minimum absolute atomic E-state index is 0.0511. The molecule has 0 aliphatic carbocycles. The summed E-state index contributed by atoms with van der Waals surface area (Å²) in [5.74, 6) is 0.116. The number of nitrogens with one attached hydrogen (secondary N) is 1. The number of rotatable bonds is 7. The van der Waals surface area contributed by atoms with Crippen LogP contribution >= 0.6 is 0 Å². The van der Waals surface area contributed by atoms with Gasteiger partial charge >= 0.3 is 0 Å². The van der Waals surface area contributed by atoms with Crippen LogP contribution in [0.2, 0.25) is 0 Å². The quantitative estimate of drug-likeness (QED) is 0.400. The Morgan fingerprint density at radius 1 is 1.05 bits per heavy atom. The van der Waals surface area contributed by atoms with E-state index in [2.05, 4.69) is 59.1 Å². The van der Waals surface area contributed by atoms with E-state index >= 15 is 0 Å². The van der Waals surface area contributed by atoms with Crippen LogP contribution < -0.4 is 5.32 Å². The lowest BCUT2D eigenvalue weighted by atomic mass is 10.0. The van der Waals surface area contributed by atoms with Gasteiger partial charge in [0.05, 0.1) is 35.7 Å². The van der Waals surface area contributed by atoms with Crippen molar-refractivity contribution in [1.29, 1.82) is 5.26 Å². The molecule has 0 bridgehead atoms. The molecule has 1 amide bonds. The van der Waals surface area contributed by atoms with Gasteiger partial charge in [-0.2, -0.15) is 5.26 Å². The van der Waals surface area contributed by atoms with E-state index in [1.807, 2.05) is 66.0 Å². The Hall–Kier alpha value is -4.21. The summed E-state index contributed by atoms with van der Waals surface area (Å²) < 4.78 is 2.12. The molecule has 6 nitrogen and oxygen atoms in total. The maximum atomic E-state index is 13.8. The van der Waals surface area contributed by atoms with Gasteiger partial charge in [-0.05, 0) is 60.2 Å². The summed E-state index contributed by atoms with van der Waals surface area (Å²) in [6.45, 7) is 5.93. The van der Waals surface area contributed by atoms with Gasteiger partial charge in [-0.25, -0.2) is 4.98 Å². The molecule has 1 aromatic heterocycles. The molecule has 2 heterocycles. The lowest BCUT2D eigenvalue weighted by molar-refractivity contribution is -0.134. The van der Waals surface area contributed by atoms with Crippen LogP contribution in [0, 0.1) is 18.3 Å². The lowest BCUT2D eigenvalue weighted by Gasteiger charge is -2.26. The first-order valence-electron chi connectivity index (χ1n) is 12.7. The van der Waals surface area contributed by atoms with Crippen LogP contribution in [0.3, 0.4) is 0 Å². The molecule has 0 radical (unpaired) electrons. The number of carbonyl (C=O) groups is 1. The molecular weight excluding hydrogens is 458 g/mol. The monoisotopic (exact) mass is 489 g/mol. The second-order valence-electron chi connectivity index (χ2n) is 9.73. The van der Waals surface area contributed by atoms with Crippen molar-refractivity contribution in [3.8, 4) is 6.07 Å². The minimum Gasteiger partial charge on any atom is -0.333 e. The molecule has 186 valence electrons. The highest BCUT2D eigenvalue weighted by Crippen LogP contribution is 2.24. The molecule has 1 aliphatic heterocycles. The van der Waals surface area contributed by atoms with Crippen LogP contribution in [-0.2, 0) is 30.8 Å². The molecule has 37 heavy (non-hydrogen) atoms. The Balaban J connectivity index is 1.36. The Kier molecular flexibility index (Phi) is 7.16. The Morgan fingerprint density at radius 3 is 2.54 bits per heavy atom. The van der Waals surface area contributed by atoms with E-state index in [9.17, 15) is 4.79 Å². The van der Waals surface area contributed by atoms with Gasteiger partial charge in [0.1, 0.15) is 0 Å². The molecule has 3 aromatic carbocycles. The number of nitriles is 1. The van der Waals surface area contributed by atoms with Crippen LogP contribution in [-0.4, -0.2) is 26.4 Å². The third-order valence-corrected chi connectivity index (χ3v) is 7.35. The number of imidazole rings is 1. The average Bonchev–Trinajstić information content (AvgIpc) is 3.35. The highest BCUT2D eigenvalue weighted by atomic mass is 16.2. The summed E-state index contributed by atoms with van der Waals surface area (Å²) in [6.07, 6.45) is 4.33. The first-order valence-corrected chi connectivity index (χ1v) is 12.7. The molecule has 0 spiro atoms. The fourth-order valence-electron chi connectivity index (χ4n) is 5.05. The van der Waals surface area contributed by atoms with E-state index in [-0.39, 0.29) is 18.0 Å². The smallest absolute Gasteiger partial charge is 0.240 e. The zero-order chi connectivity index (χ0) is 25.8. The molecule has 0 saturated heterocycles. The summed E-state index contributed by atoms with van der Waals surface area (Å²) in [5.41, 5.74) is 7.52. The van der Waals surface area contributed by atoms with Gasteiger partial charge in [0.25, 0.3) is 0 Å². The first kappa shape index (κ1) is 24.5. The zero-order valence-electron chi connectivity index (χ0n) is 21.3. The lowest BCUT2D eigenvalue weighted by Crippen LogP contribution is -2.45. The number of nitrogens with zero attached hydrogens (tertiary/aromatic N) is 4. The highest BCUT2D eigenvalue weighted by molar-refractivity contribution is 5.83. The molecule has 1 N–H and O–H groups in total. The number of carbonyl (C=O) groups excluding carboxylic acids is 1. The van der Waals surface area contributed by atoms with Gasteiger partial charge in [0, 0.05) is 25.8 Å². The van der Waals surface area contributed by atoms with Crippen LogP contribution in [0.4, 0.5) is 0 Å². The van der Waals surface area contributed by atoms with Gasteiger partial charge < -0.3 is 9.47 Å². The molecular formula is C31H31N5O. The van der Waals surface area contributed by atoms with Gasteiger partial charge in [0.2, 0.25) is 5.91 Å². The SMILES string of the molecule is Cc1ccccc1CN1Cc2ccccc2CC(NCc2cncn2[C@@H](C)c2ccc(C#N)cc2)C1=O. The molecule has 1 unspecified atom stereocenters. The standard InChI is InChI=1S/C31H31N5O/c1-22-7-3-4-9-27(22)19-35-20-28-10-6-5-8-26(28)15-30(31(35)37)34-18-29-17-33-21-36(29)23(2)25-13-11-24(16-32)12-14-25/h3-14,17,21,23,30,34H,15,18-20H2,1-2H3/t23-,30?/m0/s1. The van der Waals surface area contributed by atoms with E-state index < -0.39 is 0 Å². The van der Waals surface area contributed by atoms with E-state index in [1.165, 1.54) is 22.3 Å². The molecule has 6 heteroatoms. The van der Waals surface area contributed by atoms with E-state index in [4.69, 9.17) is 5.26 Å². The van der Waals surface area contributed by atoms with Gasteiger partial charge in [0.15, 0.2) is 0 Å². The van der Waals surface area contributed by atoms with Crippen LogP contribution in [0.25, 0.3) is 0 Å². The van der Waals surface area contributed by atoms with E-state index in [0.717, 1.165) is 11.3 Å². The topological polar surface area (TPSA) is 74.0 Å². The predicted molar refractivity (Wildman–Crippen MR) is 143 cm³/mol. The van der Waals surface area contributed by atoms with Crippen molar-refractivity contribution in [3.63, 3.8) is 0 Å². The van der Waals surface area contributed by atoms with Crippen LogP contribution in [0.15, 0.2) is 85.3 Å². The largest absolute Gasteiger partial charge is 0.333 e. The van der Waals surface area contributed by atoms with E-state index in [0.29, 0.717) is 31.6 Å². The Labute approximate surface area is 218 Å². The van der Waals surface area contributed by atoms with Gasteiger partial charge in [-0.15, -0.1) is 0 Å². The van der Waals surface area contributed by atoms with E-state index in [1.54, 1.807) is 0 Å². The van der Waals surface area contributed by atoms with Crippen molar-refractivity contribution in [2.45, 2.75) is 52.0 Å². The third-order valence-electron chi connectivity index (χ3n) is 7.35. The molecule has 1 aliphatic rings. The summed E-state index contributed by atoms with van der Waals surface area (Å²) in [6, 6.07) is 26.1. The highest BCUT2D eigenvalue weighted by Gasteiger charge is 2.30. The normalized spacial score (nSPS) is 16.1. The summed E-state index contributed by atoms with van der Waals surface area (Å²) in [4.78, 5) is 20.2. The number of amides is 1. The Morgan fingerprint density at radius 2 is 1.78 bits per heavy atom. The van der Waals surface area contributed by atoms with Crippen LogP contribution in [0.1, 0.15) is 52.0 Å². The average molecular weight is 490 g/mol. The van der Waals surface area contributed by atoms with Crippen molar-refractivity contribution in [1.82, 2.24) is 19.8 Å². The summed E-state index contributed by atoms with van der Waals surface area (Å²) in [5, 5.41) is 12.7. The number of benzene rings is 3. The predicted octanol–water partition coefficient (Wildman–Crippen LogP) is 4.92. The Bertz CT molecular complexity index is 1430. The summed E-state index contributed by atoms with van der Waals surface area (Å²) in [7, 11) is 0. The third kappa shape index (κ3) is 5.32. The fraction of sp³-hybridized carbons (Fsp3) is 0.258. The molecule has 2 atom stereocenters. The second-order valence-corrected chi connectivity index (χ2v) is 9.73. The zero-order valence-corrected chi connectivity index (χ0v) is 21.3. The van der Waals surface area contributed by atoms with Crippen molar-refractivity contribution < 1.29 is 4.79 Å². The molecule has 0 fully saturated rings. The second kappa shape index (κ2) is 10.8. The molecule has 0 saturated carbocycles. The number of aromatic nitrogens is 2. The van der Waals surface area contributed by atoms with Crippen molar-refractivity contribution in [3.05, 3.63) is 124 Å². The fourth-order valence-corrected chi connectivity index (χ4v) is 5.05. The number of hydrogen-bond donors (Lipinski definition) is 1. The number of aryl methyl sites for hydroxylation is 1. The van der Waals surface area contributed by atoms with Crippen molar-refractivity contribution >= 4 is 5.91 Å². The maximum Gasteiger partial charge on any atom is 0.240 e. The molecule has 5 rings (SSSR count). The maximum absolute atomic E-state index is 13.8. The van der Waals surface area contributed by atoms with Crippen molar-refractivity contribution in [2.24, 2.45) is 0 Å². The first-order chi connectivity index (χ1) is 18.0. The summed E-state index contributed by atoms with van der Waals surface area (Å²) >= 11 is 0. The van der Waals surface area contributed by atoms with Gasteiger partial charge in [-0.1, -0.05) is 60.7 Å². The molecule has 4 aromatic rings. The van der Waals surface area contributed by atoms with Crippen LogP contribution in [0.5, 0.6) is 0 Å². The number of fused-ring (bicyclic) bond motifs is 1. The van der Waals surface area contributed by atoms with Crippen molar-refractivity contribution in [2.75, 3.05) is 0 Å². The number of hydrogen-bond acceptors (Lipinski definition) is 4. The minimum atomic E-state index is -0.332. The van der Waals surface area contributed by atoms with Gasteiger partial charge in [-0.3, -0.25) is 10.1 Å².